The molecule has 1 aliphatic rings. The summed E-state index contributed by atoms with van der Waals surface area (Å²) in [4.78, 5) is 0. The molecule has 0 aromatic heterocycles. The predicted octanol–water partition coefficient (Wildman–Crippen LogP) is 7.43. The van der Waals surface area contributed by atoms with Crippen molar-refractivity contribution >= 4 is 28.1 Å². The monoisotopic (exact) mass is 430 g/mol. The molecule has 0 radical (unpaired) electrons. The Labute approximate surface area is 177 Å². The van der Waals surface area contributed by atoms with Crippen LogP contribution >= 0.6 is 15.9 Å². The minimum atomic E-state index is 1.10. The van der Waals surface area contributed by atoms with E-state index in [0.717, 1.165) is 25.7 Å². The standard InChI is InChI=1S/C27H27Br/c1-18-4-6-21(7-5-18)8-9-22-14-23-10-12-25-16-27(28)17-26(20(25)3)13-11-24(15-22)19(23)2/h4-9,14-17H,10-13H2,1-3H3/b9-8+. The largest absolute Gasteiger partial charge is 0.0587 e. The molecule has 0 spiro atoms. The van der Waals surface area contributed by atoms with Crippen LogP contribution in [0.25, 0.3) is 12.2 Å². The van der Waals surface area contributed by atoms with Crippen LogP contribution < -0.4 is 0 Å². The number of fused-ring (bicyclic) bond motifs is 4. The zero-order chi connectivity index (χ0) is 19.7. The highest BCUT2D eigenvalue weighted by atomic mass is 79.9. The van der Waals surface area contributed by atoms with Gasteiger partial charge >= 0.3 is 0 Å². The normalized spacial score (nSPS) is 13.7. The van der Waals surface area contributed by atoms with Crippen molar-refractivity contribution < 1.29 is 0 Å². The maximum atomic E-state index is 3.71. The molecule has 0 atom stereocenters. The van der Waals surface area contributed by atoms with Gasteiger partial charge in [-0.15, -0.1) is 0 Å². The summed E-state index contributed by atoms with van der Waals surface area (Å²) in [6.07, 6.45) is 8.90. The number of hydrogen-bond donors (Lipinski definition) is 0. The van der Waals surface area contributed by atoms with Gasteiger partial charge in [0.05, 0.1) is 0 Å². The van der Waals surface area contributed by atoms with Crippen LogP contribution in [-0.4, -0.2) is 0 Å². The first-order chi connectivity index (χ1) is 13.5. The van der Waals surface area contributed by atoms with Gasteiger partial charge in [0, 0.05) is 4.47 Å². The first-order valence-electron chi connectivity index (χ1n) is 10.1. The summed E-state index contributed by atoms with van der Waals surface area (Å²) in [6, 6.07) is 18.1. The van der Waals surface area contributed by atoms with E-state index in [1.807, 2.05) is 0 Å². The topological polar surface area (TPSA) is 0 Å². The highest BCUT2D eigenvalue weighted by Crippen LogP contribution is 2.28. The van der Waals surface area contributed by atoms with Gasteiger partial charge in [-0.25, -0.2) is 0 Å². The fourth-order valence-electron chi connectivity index (χ4n) is 4.21. The first-order valence-corrected chi connectivity index (χ1v) is 10.9. The van der Waals surface area contributed by atoms with Crippen molar-refractivity contribution in [2.75, 3.05) is 0 Å². The van der Waals surface area contributed by atoms with Crippen LogP contribution in [0.1, 0.15) is 50.1 Å². The van der Waals surface area contributed by atoms with Crippen molar-refractivity contribution in [3.8, 4) is 0 Å². The number of rotatable bonds is 2. The third kappa shape index (κ3) is 4.15. The Kier molecular flexibility index (Phi) is 5.55. The maximum Gasteiger partial charge on any atom is 0.0180 e. The molecular weight excluding hydrogens is 404 g/mol. The van der Waals surface area contributed by atoms with E-state index in [1.54, 1.807) is 0 Å². The Balaban J connectivity index is 1.68. The third-order valence-electron chi connectivity index (χ3n) is 6.11. The summed E-state index contributed by atoms with van der Waals surface area (Å²) >= 11 is 3.71. The van der Waals surface area contributed by atoms with Crippen molar-refractivity contribution in [3.05, 3.63) is 103 Å². The van der Waals surface area contributed by atoms with Gasteiger partial charge in [-0.3, -0.25) is 0 Å². The second kappa shape index (κ2) is 8.09. The molecule has 1 heteroatoms. The number of benzene rings is 3. The van der Waals surface area contributed by atoms with Crippen LogP contribution in [0, 0.1) is 20.8 Å². The maximum absolute atomic E-state index is 3.71. The molecule has 4 rings (SSSR count). The van der Waals surface area contributed by atoms with Crippen molar-refractivity contribution in [1.29, 1.82) is 0 Å². The smallest absolute Gasteiger partial charge is 0.0180 e. The average molecular weight is 431 g/mol. The van der Waals surface area contributed by atoms with E-state index in [9.17, 15) is 0 Å². The lowest BCUT2D eigenvalue weighted by atomic mass is 9.87. The molecule has 0 heterocycles. The second-order valence-corrected chi connectivity index (χ2v) is 8.97. The molecule has 4 bridgehead atoms. The van der Waals surface area contributed by atoms with Crippen molar-refractivity contribution in [3.63, 3.8) is 0 Å². The van der Waals surface area contributed by atoms with E-state index in [0.29, 0.717) is 0 Å². The Morgan fingerprint density at radius 2 is 1.04 bits per heavy atom. The molecule has 0 unspecified atom stereocenters. The van der Waals surface area contributed by atoms with E-state index < -0.39 is 0 Å². The molecule has 0 aliphatic heterocycles. The van der Waals surface area contributed by atoms with Gasteiger partial charge in [-0.05, 0) is 103 Å². The summed E-state index contributed by atoms with van der Waals surface area (Å²) in [7, 11) is 0. The molecule has 0 saturated carbocycles. The number of aryl methyl sites for hydroxylation is 5. The average Bonchev–Trinajstić information content (AvgIpc) is 2.68. The zero-order valence-electron chi connectivity index (χ0n) is 17.0. The lowest BCUT2D eigenvalue weighted by Gasteiger charge is -2.19. The van der Waals surface area contributed by atoms with Gasteiger partial charge in [-0.1, -0.05) is 70.0 Å². The highest BCUT2D eigenvalue weighted by molar-refractivity contribution is 9.10. The van der Waals surface area contributed by atoms with Crippen LogP contribution in [0.2, 0.25) is 0 Å². The molecule has 0 fully saturated rings. The molecule has 0 amide bonds. The summed E-state index contributed by atoms with van der Waals surface area (Å²) in [5.74, 6) is 0. The molecular formula is C27H27Br. The quantitative estimate of drug-likeness (QED) is 0.370. The third-order valence-corrected chi connectivity index (χ3v) is 6.56. The summed E-state index contributed by atoms with van der Waals surface area (Å²) < 4.78 is 1.21. The Morgan fingerprint density at radius 3 is 1.54 bits per heavy atom. The number of hydrogen-bond acceptors (Lipinski definition) is 0. The molecule has 3 aromatic rings. The fraction of sp³-hybridized carbons (Fsp3) is 0.259. The van der Waals surface area contributed by atoms with Crippen molar-refractivity contribution in [1.82, 2.24) is 0 Å². The van der Waals surface area contributed by atoms with Gasteiger partial charge in [0.1, 0.15) is 0 Å². The Morgan fingerprint density at radius 1 is 0.607 bits per heavy atom. The lowest BCUT2D eigenvalue weighted by Crippen LogP contribution is -2.06. The minimum Gasteiger partial charge on any atom is -0.0587 e. The minimum absolute atomic E-state index is 1.10. The van der Waals surface area contributed by atoms with Crippen molar-refractivity contribution in [2.45, 2.75) is 46.5 Å². The van der Waals surface area contributed by atoms with E-state index >= 15 is 0 Å². The van der Waals surface area contributed by atoms with Gasteiger partial charge < -0.3 is 0 Å². The van der Waals surface area contributed by atoms with Gasteiger partial charge in [-0.2, -0.15) is 0 Å². The van der Waals surface area contributed by atoms with Gasteiger partial charge in [0.2, 0.25) is 0 Å². The van der Waals surface area contributed by atoms with Gasteiger partial charge in [0.25, 0.3) is 0 Å². The fourth-order valence-corrected chi connectivity index (χ4v) is 4.76. The van der Waals surface area contributed by atoms with Gasteiger partial charge in [0.15, 0.2) is 0 Å². The van der Waals surface area contributed by atoms with Crippen LogP contribution in [0.15, 0.2) is 53.0 Å². The highest BCUT2D eigenvalue weighted by Gasteiger charge is 2.13. The summed E-state index contributed by atoms with van der Waals surface area (Å²) in [6.45, 7) is 6.72. The van der Waals surface area contributed by atoms with E-state index in [4.69, 9.17) is 0 Å². The van der Waals surface area contributed by atoms with E-state index in [1.165, 1.54) is 54.5 Å². The van der Waals surface area contributed by atoms with Crippen LogP contribution in [0.4, 0.5) is 0 Å². The van der Waals surface area contributed by atoms with Crippen LogP contribution in [0.5, 0.6) is 0 Å². The first kappa shape index (κ1) is 19.2. The molecule has 1 aliphatic carbocycles. The molecule has 0 nitrogen and oxygen atoms in total. The van der Waals surface area contributed by atoms with Crippen molar-refractivity contribution in [2.24, 2.45) is 0 Å². The second-order valence-electron chi connectivity index (χ2n) is 8.06. The zero-order valence-corrected chi connectivity index (χ0v) is 18.6. The molecule has 0 saturated heterocycles. The molecule has 28 heavy (non-hydrogen) atoms. The summed E-state index contributed by atoms with van der Waals surface area (Å²) in [5, 5.41) is 0. The van der Waals surface area contributed by atoms with Crippen LogP contribution in [0.3, 0.4) is 0 Å². The lowest BCUT2D eigenvalue weighted by molar-refractivity contribution is 0.872. The van der Waals surface area contributed by atoms with E-state index in [2.05, 4.69) is 97.4 Å². The van der Waals surface area contributed by atoms with E-state index in [-0.39, 0.29) is 0 Å². The van der Waals surface area contributed by atoms with Crippen LogP contribution in [-0.2, 0) is 25.7 Å². The molecule has 142 valence electrons. The molecule has 3 aromatic carbocycles. The predicted molar refractivity (Wildman–Crippen MR) is 125 cm³/mol. The SMILES string of the molecule is Cc1ccc(/C=C/c2cc3c(C)c(c2)CCc2cc(Br)cc(c2C)CC3)cc1. The Bertz CT molecular complexity index is 988. The number of halogens is 1. The molecule has 0 N–H and O–H groups in total. The summed E-state index contributed by atoms with van der Waals surface area (Å²) in [5.41, 5.74) is 12.8. The Hall–Kier alpha value is -2.12.